The lowest BCUT2D eigenvalue weighted by Gasteiger charge is -2.21. The van der Waals surface area contributed by atoms with Gasteiger partial charge in [-0.2, -0.15) is 0 Å². The van der Waals surface area contributed by atoms with E-state index >= 15 is 0 Å². The fraction of sp³-hybridized carbons (Fsp3) is 0.364. The summed E-state index contributed by atoms with van der Waals surface area (Å²) in [6.45, 7) is 0.703. The van der Waals surface area contributed by atoms with Crippen molar-refractivity contribution in [2.75, 3.05) is 20.8 Å². The number of likely N-dealkylation sites (N-methyl/N-ethyl adjacent to an activating group) is 1. The molecule has 1 fully saturated rings. The van der Waals surface area contributed by atoms with Crippen LogP contribution in [-0.4, -0.2) is 53.3 Å². The number of carbonyl (C=O) groups is 3. The van der Waals surface area contributed by atoms with E-state index in [4.69, 9.17) is 0 Å². The number of amides is 4. The average molecular weight is 346 g/mol. The zero-order chi connectivity index (χ0) is 14.2. The summed E-state index contributed by atoms with van der Waals surface area (Å²) < 4.78 is 1.03. The predicted octanol–water partition coefficient (Wildman–Crippen LogP) is 1.32. The zero-order valence-electron chi connectivity index (χ0n) is 10.4. The van der Waals surface area contributed by atoms with Crippen molar-refractivity contribution < 1.29 is 14.4 Å². The first kappa shape index (κ1) is 14.2. The minimum atomic E-state index is -0.780. The Bertz CT molecular complexity index is 545. The highest BCUT2D eigenvalue weighted by atomic mass is 79.9. The van der Waals surface area contributed by atoms with Crippen LogP contribution in [0.3, 0.4) is 0 Å². The van der Waals surface area contributed by atoms with Crippen molar-refractivity contribution in [1.29, 1.82) is 0 Å². The Balaban J connectivity index is 1.99. The van der Waals surface area contributed by atoms with Crippen molar-refractivity contribution in [3.63, 3.8) is 0 Å². The number of imide groups is 2. The largest absolute Gasteiger partial charge is 0.335 e. The lowest BCUT2D eigenvalue weighted by molar-refractivity contribution is -0.143. The van der Waals surface area contributed by atoms with Crippen molar-refractivity contribution in [3.8, 4) is 0 Å². The molecule has 0 spiro atoms. The Labute approximate surface area is 122 Å². The number of rotatable bonds is 4. The highest BCUT2D eigenvalue weighted by Gasteiger charge is 2.42. The molecular weight excluding hydrogens is 334 g/mol. The summed E-state index contributed by atoms with van der Waals surface area (Å²) in [5.74, 6) is -1.55. The molecule has 6 nitrogen and oxygen atoms in total. The van der Waals surface area contributed by atoms with Gasteiger partial charge in [0.05, 0.1) is 10.5 Å². The van der Waals surface area contributed by atoms with Crippen molar-refractivity contribution in [2.45, 2.75) is 6.54 Å². The van der Waals surface area contributed by atoms with E-state index in [0.29, 0.717) is 6.54 Å². The standard InChI is InChI=1S/C11H12BrN3O3S/c1-13(5-7-3-4-8(12)19-7)6-15-10(17)9(16)14(2)11(15)18/h3-4H,5-6H2,1-2H3. The van der Waals surface area contributed by atoms with E-state index < -0.39 is 17.8 Å². The quantitative estimate of drug-likeness (QED) is 0.610. The molecule has 0 saturated carbocycles. The second kappa shape index (κ2) is 5.40. The lowest BCUT2D eigenvalue weighted by Crippen LogP contribution is -2.40. The van der Waals surface area contributed by atoms with Gasteiger partial charge in [-0.25, -0.2) is 9.69 Å². The van der Waals surface area contributed by atoms with Gasteiger partial charge in [0.2, 0.25) is 0 Å². The van der Waals surface area contributed by atoms with Gasteiger partial charge in [-0.1, -0.05) is 0 Å². The Morgan fingerprint density at radius 3 is 2.42 bits per heavy atom. The van der Waals surface area contributed by atoms with Crippen LogP contribution in [0.4, 0.5) is 4.79 Å². The molecule has 0 aromatic carbocycles. The summed E-state index contributed by atoms with van der Waals surface area (Å²) in [7, 11) is 3.09. The highest BCUT2D eigenvalue weighted by molar-refractivity contribution is 9.11. The first-order valence-electron chi connectivity index (χ1n) is 5.46. The summed E-state index contributed by atoms with van der Waals surface area (Å²) in [5, 5.41) is 0. The number of carbonyl (C=O) groups excluding carboxylic acids is 3. The minimum Gasteiger partial charge on any atom is -0.283 e. The molecule has 8 heteroatoms. The van der Waals surface area contributed by atoms with Gasteiger partial charge >= 0.3 is 17.8 Å². The van der Waals surface area contributed by atoms with E-state index in [9.17, 15) is 14.4 Å². The fourth-order valence-corrected chi connectivity index (χ4v) is 3.30. The maximum atomic E-state index is 11.7. The number of urea groups is 1. The molecule has 1 aliphatic heterocycles. The first-order valence-corrected chi connectivity index (χ1v) is 7.07. The molecule has 1 aromatic rings. The van der Waals surface area contributed by atoms with Gasteiger partial charge in [0, 0.05) is 18.5 Å². The van der Waals surface area contributed by atoms with Crippen LogP contribution in [0.1, 0.15) is 4.88 Å². The van der Waals surface area contributed by atoms with Gasteiger partial charge in [-0.3, -0.25) is 19.4 Å². The minimum absolute atomic E-state index is 0.100. The number of halogens is 1. The molecule has 2 rings (SSSR count). The second-order valence-corrected chi connectivity index (χ2v) is 6.79. The van der Waals surface area contributed by atoms with Gasteiger partial charge in [-0.05, 0) is 35.1 Å². The normalized spacial score (nSPS) is 16.1. The van der Waals surface area contributed by atoms with E-state index in [1.54, 1.807) is 23.3 Å². The van der Waals surface area contributed by atoms with Crippen molar-refractivity contribution in [2.24, 2.45) is 0 Å². The third-order valence-electron chi connectivity index (χ3n) is 2.69. The van der Waals surface area contributed by atoms with Crippen LogP contribution >= 0.6 is 27.3 Å². The third kappa shape index (κ3) is 2.85. The summed E-state index contributed by atoms with van der Waals surface area (Å²) in [6.07, 6.45) is 0. The summed E-state index contributed by atoms with van der Waals surface area (Å²) in [4.78, 5) is 39.3. The average Bonchev–Trinajstić information content (AvgIpc) is 2.83. The van der Waals surface area contributed by atoms with E-state index in [2.05, 4.69) is 15.9 Å². The molecule has 1 aromatic heterocycles. The maximum absolute atomic E-state index is 11.7. The van der Waals surface area contributed by atoms with Gasteiger partial charge < -0.3 is 0 Å². The lowest BCUT2D eigenvalue weighted by atomic mass is 10.4. The van der Waals surface area contributed by atoms with Crippen LogP contribution in [0.25, 0.3) is 0 Å². The van der Waals surface area contributed by atoms with Crippen LogP contribution in [0.15, 0.2) is 15.9 Å². The molecular formula is C11H12BrN3O3S. The van der Waals surface area contributed by atoms with Crippen molar-refractivity contribution in [3.05, 3.63) is 20.8 Å². The molecule has 1 aliphatic rings. The van der Waals surface area contributed by atoms with E-state index in [1.807, 2.05) is 12.1 Å². The molecule has 4 amide bonds. The number of nitrogens with zero attached hydrogens (tertiary/aromatic N) is 3. The Morgan fingerprint density at radius 2 is 1.95 bits per heavy atom. The molecule has 0 radical (unpaired) electrons. The Kier molecular flexibility index (Phi) is 4.02. The van der Waals surface area contributed by atoms with Gasteiger partial charge in [0.25, 0.3) is 0 Å². The first-order chi connectivity index (χ1) is 8.90. The van der Waals surface area contributed by atoms with E-state index in [0.717, 1.165) is 18.5 Å². The summed E-state index contributed by atoms with van der Waals surface area (Å²) in [5.41, 5.74) is 0. The maximum Gasteiger partial charge on any atom is 0.335 e. The van der Waals surface area contributed by atoms with Crippen LogP contribution in [0, 0.1) is 0 Å². The van der Waals surface area contributed by atoms with Crippen LogP contribution in [0.5, 0.6) is 0 Å². The van der Waals surface area contributed by atoms with E-state index in [1.165, 1.54) is 7.05 Å². The number of thiophene rings is 1. The number of hydrogen-bond acceptors (Lipinski definition) is 5. The molecule has 2 heterocycles. The molecule has 1 saturated heterocycles. The van der Waals surface area contributed by atoms with Crippen molar-refractivity contribution in [1.82, 2.24) is 14.7 Å². The smallest absolute Gasteiger partial charge is 0.283 e. The third-order valence-corrected chi connectivity index (χ3v) is 4.30. The fourth-order valence-electron chi connectivity index (χ4n) is 1.73. The molecule has 0 aliphatic carbocycles. The zero-order valence-corrected chi connectivity index (χ0v) is 12.8. The molecule has 0 atom stereocenters. The predicted molar refractivity (Wildman–Crippen MR) is 73.4 cm³/mol. The van der Waals surface area contributed by atoms with Crippen LogP contribution < -0.4 is 0 Å². The second-order valence-electron chi connectivity index (χ2n) is 4.24. The van der Waals surface area contributed by atoms with Crippen LogP contribution in [-0.2, 0) is 16.1 Å². The van der Waals surface area contributed by atoms with E-state index in [-0.39, 0.29) is 6.67 Å². The Hall–Kier alpha value is -1.25. The Morgan fingerprint density at radius 1 is 1.26 bits per heavy atom. The molecule has 0 unspecified atom stereocenters. The van der Waals surface area contributed by atoms with Crippen LogP contribution in [0.2, 0.25) is 0 Å². The SMILES string of the molecule is CN(Cc1ccc(Br)s1)CN1C(=O)C(=O)N(C)C1=O. The van der Waals surface area contributed by atoms with Gasteiger partial charge in [0.1, 0.15) is 0 Å². The summed E-state index contributed by atoms with van der Waals surface area (Å²) >= 11 is 4.96. The van der Waals surface area contributed by atoms with Gasteiger partial charge in [0.15, 0.2) is 0 Å². The molecule has 102 valence electrons. The van der Waals surface area contributed by atoms with Crippen molar-refractivity contribution >= 4 is 45.1 Å². The molecule has 0 N–H and O–H groups in total. The topological polar surface area (TPSA) is 60.9 Å². The molecule has 0 bridgehead atoms. The van der Waals surface area contributed by atoms with Gasteiger partial charge in [-0.15, -0.1) is 11.3 Å². The highest BCUT2D eigenvalue weighted by Crippen LogP contribution is 2.23. The monoisotopic (exact) mass is 345 g/mol. The summed E-state index contributed by atoms with van der Waals surface area (Å²) in [6, 6.07) is 3.34. The molecule has 19 heavy (non-hydrogen) atoms. The number of hydrogen-bond donors (Lipinski definition) is 0.